The van der Waals surface area contributed by atoms with Crippen molar-refractivity contribution in [3.05, 3.63) is 23.3 Å². The van der Waals surface area contributed by atoms with Gasteiger partial charge in [0.15, 0.2) is 0 Å². The van der Waals surface area contributed by atoms with Gasteiger partial charge in [0.2, 0.25) is 0 Å². The van der Waals surface area contributed by atoms with E-state index in [4.69, 9.17) is 0 Å². The Balaban J connectivity index is 2.77. The van der Waals surface area contributed by atoms with Crippen molar-refractivity contribution in [3.63, 3.8) is 0 Å². The number of aryl methyl sites for hydroxylation is 1. The van der Waals surface area contributed by atoms with E-state index in [1.807, 2.05) is 25.0 Å². The lowest BCUT2D eigenvalue weighted by atomic mass is 10.1. The maximum Gasteiger partial charge on any atom is 0.138 e. The van der Waals surface area contributed by atoms with Gasteiger partial charge in [-0.1, -0.05) is 27.2 Å². The van der Waals surface area contributed by atoms with Crippen LogP contribution in [0.4, 0.5) is 0 Å². The highest BCUT2D eigenvalue weighted by Crippen LogP contribution is 2.16. The minimum Gasteiger partial charge on any atom is -0.316 e. The monoisotopic (exact) mass is 253 g/mol. The number of rotatable bonds is 7. The first-order valence-electron chi connectivity index (χ1n) is 6.27. The number of thioether (sulfide) groups is 1. The lowest BCUT2D eigenvalue weighted by Crippen LogP contribution is -2.11. The van der Waals surface area contributed by atoms with Gasteiger partial charge in [0.25, 0.3) is 0 Å². The summed E-state index contributed by atoms with van der Waals surface area (Å²) in [6, 6.07) is 0. The van der Waals surface area contributed by atoms with E-state index in [1.165, 1.54) is 11.3 Å². The molecule has 0 saturated carbocycles. The zero-order chi connectivity index (χ0) is 12.7. The number of hydrogen-bond donors (Lipinski definition) is 1. The molecule has 1 aromatic rings. The van der Waals surface area contributed by atoms with Gasteiger partial charge >= 0.3 is 0 Å². The zero-order valence-corrected chi connectivity index (χ0v) is 12.1. The van der Waals surface area contributed by atoms with Gasteiger partial charge in [-0.25, -0.2) is 9.97 Å². The predicted octanol–water partition coefficient (Wildman–Crippen LogP) is 2.79. The largest absolute Gasteiger partial charge is 0.316 e. The predicted molar refractivity (Wildman–Crippen MR) is 75.2 cm³/mol. The molecule has 0 radical (unpaired) electrons. The molecular formula is C13H23N3S. The van der Waals surface area contributed by atoms with Crippen LogP contribution < -0.4 is 5.32 Å². The Hall–Kier alpha value is -0.610. The Morgan fingerprint density at radius 2 is 2.18 bits per heavy atom. The molecule has 0 aliphatic heterocycles. The molecule has 0 saturated heterocycles. The van der Waals surface area contributed by atoms with E-state index in [-0.39, 0.29) is 0 Å². The summed E-state index contributed by atoms with van der Waals surface area (Å²) < 4.78 is 0. The molecule has 0 aliphatic carbocycles. The van der Waals surface area contributed by atoms with Crippen molar-refractivity contribution in [1.29, 1.82) is 0 Å². The van der Waals surface area contributed by atoms with Crippen LogP contribution in [0.2, 0.25) is 0 Å². The minimum atomic E-state index is 0.630. The standard InChI is InChI=1S/C13H23N3S/c1-5-6-12-11(7-14-4)8-15-13(16-12)9-17-10(2)3/h8,10,14H,5-7,9H2,1-4H3. The fourth-order valence-corrected chi connectivity index (χ4v) is 2.21. The molecule has 96 valence electrons. The Morgan fingerprint density at radius 3 is 2.76 bits per heavy atom. The van der Waals surface area contributed by atoms with Gasteiger partial charge in [0.05, 0.1) is 5.75 Å². The van der Waals surface area contributed by atoms with Gasteiger partial charge < -0.3 is 5.32 Å². The first-order chi connectivity index (χ1) is 8.17. The molecule has 0 spiro atoms. The van der Waals surface area contributed by atoms with Gasteiger partial charge in [0.1, 0.15) is 5.82 Å². The Morgan fingerprint density at radius 1 is 1.41 bits per heavy atom. The molecule has 0 unspecified atom stereocenters. The van der Waals surface area contributed by atoms with Crippen LogP contribution in [0.1, 0.15) is 44.3 Å². The van der Waals surface area contributed by atoms with Crippen molar-refractivity contribution in [2.75, 3.05) is 7.05 Å². The molecule has 0 aliphatic rings. The summed E-state index contributed by atoms with van der Waals surface area (Å²) in [5, 5.41) is 3.80. The van der Waals surface area contributed by atoms with Crippen molar-refractivity contribution in [2.45, 2.75) is 51.2 Å². The van der Waals surface area contributed by atoms with Crippen molar-refractivity contribution in [3.8, 4) is 0 Å². The second-order valence-electron chi connectivity index (χ2n) is 4.40. The second kappa shape index (κ2) is 7.67. The minimum absolute atomic E-state index is 0.630. The Kier molecular flexibility index (Phi) is 6.52. The molecule has 3 nitrogen and oxygen atoms in total. The number of aromatic nitrogens is 2. The maximum atomic E-state index is 4.68. The van der Waals surface area contributed by atoms with Crippen LogP contribution in [0.3, 0.4) is 0 Å². The molecule has 0 atom stereocenters. The van der Waals surface area contributed by atoms with Crippen LogP contribution >= 0.6 is 11.8 Å². The quantitative estimate of drug-likeness (QED) is 0.811. The highest BCUT2D eigenvalue weighted by atomic mass is 32.2. The van der Waals surface area contributed by atoms with Crippen LogP contribution in [0, 0.1) is 0 Å². The smallest absolute Gasteiger partial charge is 0.138 e. The number of nitrogens with zero attached hydrogens (tertiary/aromatic N) is 2. The van der Waals surface area contributed by atoms with E-state index < -0.39 is 0 Å². The summed E-state index contributed by atoms with van der Waals surface area (Å²) in [6.07, 6.45) is 4.15. The second-order valence-corrected chi connectivity index (χ2v) is 5.96. The van der Waals surface area contributed by atoms with Crippen molar-refractivity contribution < 1.29 is 0 Å². The summed E-state index contributed by atoms with van der Waals surface area (Å²) in [5.74, 6) is 1.88. The van der Waals surface area contributed by atoms with Gasteiger partial charge in [-0.05, 0) is 18.7 Å². The SMILES string of the molecule is CCCc1nc(CSC(C)C)ncc1CNC. The van der Waals surface area contributed by atoms with Crippen LogP contribution in [0.15, 0.2) is 6.20 Å². The summed E-state index contributed by atoms with van der Waals surface area (Å²) in [4.78, 5) is 9.12. The molecule has 0 aromatic carbocycles. The fourth-order valence-electron chi connectivity index (χ4n) is 1.59. The van der Waals surface area contributed by atoms with E-state index in [9.17, 15) is 0 Å². The van der Waals surface area contributed by atoms with E-state index in [0.29, 0.717) is 5.25 Å². The third-order valence-electron chi connectivity index (χ3n) is 2.40. The lowest BCUT2D eigenvalue weighted by molar-refractivity contribution is 0.759. The van der Waals surface area contributed by atoms with Gasteiger partial charge in [-0.2, -0.15) is 11.8 Å². The molecule has 0 bridgehead atoms. The maximum absolute atomic E-state index is 4.68. The molecule has 0 fully saturated rings. The summed E-state index contributed by atoms with van der Waals surface area (Å²) in [7, 11) is 1.96. The highest BCUT2D eigenvalue weighted by Gasteiger charge is 2.07. The molecule has 4 heteroatoms. The number of nitrogens with one attached hydrogen (secondary N) is 1. The third-order valence-corrected chi connectivity index (χ3v) is 3.50. The topological polar surface area (TPSA) is 37.8 Å². The van der Waals surface area contributed by atoms with Crippen LogP contribution in [-0.2, 0) is 18.7 Å². The molecule has 1 N–H and O–H groups in total. The average Bonchev–Trinajstić information content (AvgIpc) is 2.30. The first-order valence-corrected chi connectivity index (χ1v) is 7.32. The summed E-state index contributed by atoms with van der Waals surface area (Å²) in [6.45, 7) is 7.45. The lowest BCUT2D eigenvalue weighted by Gasteiger charge is -2.10. The molecule has 0 amide bonds. The average molecular weight is 253 g/mol. The van der Waals surface area contributed by atoms with Crippen LogP contribution in [0.25, 0.3) is 0 Å². The Labute approximate surface area is 109 Å². The van der Waals surface area contributed by atoms with Crippen molar-refractivity contribution in [2.24, 2.45) is 0 Å². The third kappa shape index (κ3) is 5.04. The summed E-state index contributed by atoms with van der Waals surface area (Å²) in [5.41, 5.74) is 2.43. The molecule has 17 heavy (non-hydrogen) atoms. The van der Waals surface area contributed by atoms with Crippen LogP contribution in [-0.4, -0.2) is 22.3 Å². The van der Waals surface area contributed by atoms with E-state index in [1.54, 1.807) is 0 Å². The number of hydrogen-bond acceptors (Lipinski definition) is 4. The van der Waals surface area contributed by atoms with E-state index in [2.05, 4.69) is 36.1 Å². The van der Waals surface area contributed by atoms with Crippen LogP contribution in [0.5, 0.6) is 0 Å². The van der Waals surface area contributed by atoms with Gasteiger partial charge in [-0.15, -0.1) is 0 Å². The van der Waals surface area contributed by atoms with Crippen molar-refractivity contribution in [1.82, 2.24) is 15.3 Å². The van der Waals surface area contributed by atoms with Gasteiger partial charge in [0, 0.05) is 24.0 Å². The first kappa shape index (κ1) is 14.5. The molecule has 1 aromatic heterocycles. The Bertz CT molecular complexity index is 339. The fraction of sp³-hybridized carbons (Fsp3) is 0.692. The normalized spacial score (nSPS) is 11.1. The van der Waals surface area contributed by atoms with E-state index >= 15 is 0 Å². The van der Waals surface area contributed by atoms with E-state index in [0.717, 1.165) is 31.0 Å². The summed E-state index contributed by atoms with van der Waals surface area (Å²) >= 11 is 1.89. The molecule has 1 heterocycles. The highest BCUT2D eigenvalue weighted by molar-refractivity contribution is 7.99. The van der Waals surface area contributed by atoms with Crippen molar-refractivity contribution >= 4 is 11.8 Å². The zero-order valence-electron chi connectivity index (χ0n) is 11.3. The van der Waals surface area contributed by atoms with Gasteiger partial charge in [-0.3, -0.25) is 0 Å². The molecule has 1 rings (SSSR count). The molecular weight excluding hydrogens is 230 g/mol.